The number of hydrogen-bond acceptors (Lipinski definition) is 1. The van der Waals surface area contributed by atoms with Gasteiger partial charge >= 0.3 is 5.71 Å². The van der Waals surface area contributed by atoms with E-state index in [9.17, 15) is 4.79 Å². The minimum atomic E-state index is -0.156. The molecule has 1 aromatic carbocycles. The van der Waals surface area contributed by atoms with Crippen molar-refractivity contribution in [2.45, 2.75) is 20.3 Å². The molecule has 0 N–H and O–H groups in total. The number of carbonyl (C=O) groups is 1. The Labute approximate surface area is 83.0 Å². The van der Waals surface area contributed by atoms with E-state index in [1.807, 2.05) is 19.1 Å². The van der Waals surface area contributed by atoms with Gasteiger partial charge in [0.2, 0.25) is 5.78 Å². The molecule has 0 radical (unpaired) electrons. The molecule has 0 aromatic heterocycles. The van der Waals surface area contributed by atoms with Gasteiger partial charge < -0.3 is 5.53 Å². The van der Waals surface area contributed by atoms with E-state index in [0.717, 1.165) is 5.56 Å². The third-order valence-electron chi connectivity index (χ3n) is 2.01. The Morgan fingerprint density at radius 1 is 1.36 bits per heavy atom. The van der Waals surface area contributed by atoms with Crippen LogP contribution in [0.15, 0.2) is 24.3 Å². The molecule has 14 heavy (non-hydrogen) atoms. The molecule has 72 valence electrons. The number of ketones is 1. The topological polar surface area (TPSA) is 53.5 Å². The second-order valence-electron chi connectivity index (χ2n) is 3.09. The van der Waals surface area contributed by atoms with Gasteiger partial charge in [0.1, 0.15) is 0 Å². The Balaban J connectivity index is 3.09. The van der Waals surface area contributed by atoms with E-state index in [1.165, 1.54) is 0 Å². The van der Waals surface area contributed by atoms with Crippen LogP contribution in [0.1, 0.15) is 24.5 Å². The largest absolute Gasteiger partial charge is 0.364 e. The maximum absolute atomic E-state index is 11.3. The lowest BCUT2D eigenvalue weighted by molar-refractivity contribution is -0.116. The third kappa shape index (κ3) is 2.15. The molecule has 0 amide bonds. The third-order valence-corrected chi connectivity index (χ3v) is 2.01. The maximum Gasteiger partial charge on any atom is 0.364 e. The summed E-state index contributed by atoms with van der Waals surface area (Å²) in [6, 6.07) is 7.31. The number of benzene rings is 1. The number of carbonyl (C=O) groups excluding carboxylic acids is 1. The zero-order chi connectivity index (χ0) is 10.6. The summed E-state index contributed by atoms with van der Waals surface area (Å²) >= 11 is 0. The van der Waals surface area contributed by atoms with E-state index in [4.69, 9.17) is 5.53 Å². The number of Topliss-reactive ketones (excluding diaryl/α,β-unsaturated/α-hetero) is 1. The summed E-state index contributed by atoms with van der Waals surface area (Å²) in [6.07, 6.45) is 0.341. The van der Waals surface area contributed by atoms with Crippen LogP contribution in [0.4, 0.5) is 0 Å². The van der Waals surface area contributed by atoms with Gasteiger partial charge in [-0.3, -0.25) is 4.79 Å². The zero-order valence-corrected chi connectivity index (χ0v) is 8.32. The molecule has 0 aliphatic carbocycles. The minimum Gasteiger partial charge on any atom is -0.361 e. The molecule has 0 atom stereocenters. The van der Waals surface area contributed by atoms with E-state index in [0.29, 0.717) is 12.0 Å². The predicted octanol–water partition coefficient (Wildman–Crippen LogP) is 1.99. The Hall–Kier alpha value is -1.73. The molecule has 0 bridgehead atoms. The Morgan fingerprint density at radius 3 is 2.36 bits per heavy atom. The number of rotatable bonds is 3. The molecule has 0 aliphatic heterocycles. The zero-order valence-electron chi connectivity index (χ0n) is 8.32. The first-order chi connectivity index (χ1) is 6.69. The monoisotopic (exact) mass is 188 g/mol. The highest BCUT2D eigenvalue weighted by molar-refractivity contribution is 6.43. The smallest absolute Gasteiger partial charge is 0.361 e. The van der Waals surface area contributed by atoms with Gasteiger partial charge in [0.05, 0.1) is 5.56 Å². The van der Waals surface area contributed by atoms with Crippen molar-refractivity contribution in [2.75, 3.05) is 0 Å². The van der Waals surface area contributed by atoms with Gasteiger partial charge in [-0.2, -0.15) is 4.79 Å². The average molecular weight is 188 g/mol. The van der Waals surface area contributed by atoms with E-state index in [-0.39, 0.29) is 11.5 Å². The normalized spacial score (nSPS) is 9.29. The van der Waals surface area contributed by atoms with Gasteiger partial charge in [0.15, 0.2) is 0 Å². The molecule has 0 aliphatic rings. The highest BCUT2D eigenvalue weighted by Gasteiger charge is 2.19. The molecule has 0 unspecified atom stereocenters. The van der Waals surface area contributed by atoms with Gasteiger partial charge in [-0.15, -0.1) is 0 Å². The first-order valence-electron chi connectivity index (χ1n) is 4.51. The van der Waals surface area contributed by atoms with Crippen LogP contribution in [0.3, 0.4) is 0 Å². The van der Waals surface area contributed by atoms with E-state index in [1.54, 1.807) is 19.1 Å². The molecule has 1 aromatic rings. The van der Waals surface area contributed by atoms with E-state index in [2.05, 4.69) is 4.79 Å². The SMILES string of the molecule is CCC(=O)C(=[N+]=[N-])c1ccc(C)cc1. The Morgan fingerprint density at radius 2 is 1.93 bits per heavy atom. The first-order valence-corrected chi connectivity index (χ1v) is 4.51. The van der Waals surface area contributed by atoms with Crippen LogP contribution in [0.2, 0.25) is 0 Å². The summed E-state index contributed by atoms with van der Waals surface area (Å²) in [5.74, 6) is -0.156. The molecule has 0 saturated heterocycles. The van der Waals surface area contributed by atoms with Crippen LogP contribution in [-0.4, -0.2) is 16.3 Å². The van der Waals surface area contributed by atoms with Gasteiger partial charge in [0.25, 0.3) is 0 Å². The van der Waals surface area contributed by atoms with Crippen molar-refractivity contribution in [3.05, 3.63) is 40.9 Å². The van der Waals surface area contributed by atoms with Crippen molar-refractivity contribution in [1.29, 1.82) is 0 Å². The molecule has 0 spiro atoms. The summed E-state index contributed by atoms with van der Waals surface area (Å²) in [7, 11) is 0. The molecule has 0 fully saturated rings. The van der Waals surface area contributed by atoms with Crippen molar-refractivity contribution >= 4 is 11.5 Å². The summed E-state index contributed by atoms with van der Waals surface area (Å²) in [6.45, 7) is 3.70. The Bertz CT molecular complexity index is 386. The molecule has 1 rings (SSSR count). The Kier molecular flexibility index (Phi) is 3.32. The fraction of sp³-hybridized carbons (Fsp3) is 0.273. The second-order valence-corrected chi connectivity index (χ2v) is 3.09. The minimum absolute atomic E-state index is 0.132. The van der Waals surface area contributed by atoms with Crippen LogP contribution >= 0.6 is 0 Å². The van der Waals surface area contributed by atoms with Crippen LogP contribution in [0.25, 0.3) is 5.53 Å². The van der Waals surface area contributed by atoms with E-state index >= 15 is 0 Å². The van der Waals surface area contributed by atoms with Crippen LogP contribution in [0.5, 0.6) is 0 Å². The van der Waals surface area contributed by atoms with E-state index < -0.39 is 0 Å². The molecular weight excluding hydrogens is 176 g/mol. The summed E-state index contributed by atoms with van der Waals surface area (Å²) in [4.78, 5) is 14.4. The average Bonchev–Trinajstić information content (AvgIpc) is 2.21. The molecule has 0 heterocycles. The van der Waals surface area contributed by atoms with Gasteiger partial charge in [-0.1, -0.05) is 24.6 Å². The number of hydrogen-bond donors (Lipinski definition) is 0. The number of aryl methyl sites for hydroxylation is 1. The second kappa shape index (κ2) is 4.49. The lowest BCUT2D eigenvalue weighted by atomic mass is 10.0. The fourth-order valence-electron chi connectivity index (χ4n) is 1.15. The number of nitrogens with zero attached hydrogens (tertiary/aromatic N) is 2. The molecule has 3 nitrogen and oxygen atoms in total. The lowest BCUT2D eigenvalue weighted by Gasteiger charge is -1.95. The molecular formula is C11H12N2O. The van der Waals surface area contributed by atoms with Crippen LogP contribution in [-0.2, 0) is 4.79 Å². The van der Waals surface area contributed by atoms with Crippen molar-refractivity contribution in [3.63, 3.8) is 0 Å². The highest BCUT2D eigenvalue weighted by atomic mass is 16.1. The van der Waals surface area contributed by atoms with Gasteiger partial charge in [-0.25, -0.2) is 0 Å². The summed E-state index contributed by atoms with van der Waals surface area (Å²) in [5.41, 5.74) is 10.6. The van der Waals surface area contributed by atoms with Crippen molar-refractivity contribution in [1.82, 2.24) is 0 Å². The predicted molar refractivity (Wildman–Crippen MR) is 54.2 cm³/mol. The molecule has 3 heteroatoms. The standard InChI is InChI=1S/C11H12N2O/c1-3-10(14)11(13-12)9-6-4-8(2)5-7-9/h4-7H,3H2,1-2H3. The van der Waals surface area contributed by atoms with Gasteiger partial charge in [0, 0.05) is 6.42 Å². The molecule has 0 saturated carbocycles. The van der Waals surface area contributed by atoms with Crippen molar-refractivity contribution in [2.24, 2.45) is 0 Å². The van der Waals surface area contributed by atoms with Crippen molar-refractivity contribution in [3.8, 4) is 0 Å². The fourth-order valence-corrected chi connectivity index (χ4v) is 1.15. The van der Waals surface area contributed by atoms with Crippen LogP contribution < -0.4 is 0 Å². The lowest BCUT2D eigenvalue weighted by Crippen LogP contribution is -2.15. The quantitative estimate of drug-likeness (QED) is 0.406. The van der Waals surface area contributed by atoms with Crippen molar-refractivity contribution < 1.29 is 9.58 Å². The summed E-state index contributed by atoms with van der Waals surface area (Å²) < 4.78 is 0. The van der Waals surface area contributed by atoms with Crippen LogP contribution in [0, 0.1) is 6.92 Å². The summed E-state index contributed by atoms with van der Waals surface area (Å²) in [5, 5.41) is 0. The maximum atomic E-state index is 11.3. The highest BCUT2D eigenvalue weighted by Crippen LogP contribution is 2.05. The van der Waals surface area contributed by atoms with Gasteiger partial charge in [-0.05, 0) is 19.1 Å². The first kappa shape index (κ1) is 10.4.